The fourth-order valence-electron chi connectivity index (χ4n) is 0.838. The van der Waals surface area contributed by atoms with Gasteiger partial charge < -0.3 is 0 Å². The van der Waals surface area contributed by atoms with Gasteiger partial charge in [0, 0.05) is 15.4 Å². The Morgan fingerprint density at radius 1 is 1.45 bits per heavy atom. The van der Waals surface area contributed by atoms with Crippen LogP contribution in [0.5, 0.6) is 0 Å². The Bertz CT molecular complexity index is 271. The van der Waals surface area contributed by atoms with Crippen molar-refractivity contribution in [2.75, 3.05) is 0 Å². The van der Waals surface area contributed by atoms with Crippen LogP contribution in [0.3, 0.4) is 0 Å². The van der Waals surface area contributed by atoms with Crippen LogP contribution in [0.1, 0.15) is 11.1 Å². The van der Waals surface area contributed by atoms with E-state index in [0.717, 1.165) is 20.6 Å². The molecule has 3 heteroatoms. The molecule has 0 aromatic heterocycles. The molecule has 0 heterocycles. The van der Waals surface area contributed by atoms with Crippen molar-refractivity contribution in [2.24, 2.45) is 0 Å². The average molecular weight is 254 g/mol. The van der Waals surface area contributed by atoms with Gasteiger partial charge in [-0.2, -0.15) is 0 Å². The predicted octanol–water partition coefficient (Wildman–Crippen LogP) is 4.15. The lowest BCUT2D eigenvalue weighted by Gasteiger charge is -2.04. The van der Waals surface area contributed by atoms with Crippen molar-refractivity contribution in [2.45, 2.75) is 12.8 Å². The highest BCUT2D eigenvalue weighted by atomic mass is 79.9. The molecule has 0 unspecified atom stereocenters. The normalized spacial score (nSPS) is 10.2. The summed E-state index contributed by atoms with van der Waals surface area (Å²) in [4.78, 5) is 0. The van der Waals surface area contributed by atoms with E-state index >= 15 is 0 Å². The molecular formula is C8H7BrCl2. The fourth-order valence-corrected chi connectivity index (χ4v) is 1.99. The zero-order valence-electron chi connectivity index (χ0n) is 6.00. The van der Waals surface area contributed by atoms with Gasteiger partial charge in [-0.1, -0.05) is 27.5 Å². The van der Waals surface area contributed by atoms with E-state index in [-0.39, 0.29) is 0 Å². The molecule has 11 heavy (non-hydrogen) atoms. The quantitative estimate of drug-likeness (QED) is 0.660. The molecular weight excluding hydrogens is 247 g/mol. The minimum Gasteiger partial charge on any atom is -0.122 e. The lowest BCUT2D eigenvalue weighted by atomic mass is 10.1. The van der Waals surface area contributed by atoms with Crippen LogP contribution in [0.25, 0.3) is 0 Å². The van der Waals surface area contributed by atoms with Crippen molar-refractivity contribution in [1.29, 1.82) is 0 Å². The Hall–Kier alpha value is 0.280. The summed E-state index contributed by atoms with van der Waals surface area (Å²) in [6, 6.07) is 3.85. The highest BCUT2D eigenvalue weighted by Gasteiger charge is 2.02. The first kappa shape index (κ1) is 9.37. The summed E-state index contributed by atoms with van der Waals surface area (Å²) in [5.74, 6) is 0.505. The Kier molecular flexibility index (Phi) is 3.23. The maximum Gasteiger partial charge on any atom is 0.0477 e. The summed E-state index contributed by atoms with van der Waals surface area (Å²) in [5.41, 5.74) is 2.14. The second-order valence-electron chi connectivity index (χ2n) is 2.31. The average Bonchev–Trinajstić information content (AvgIpc) is 1.96. The number of hydrogen-bond acceptors (Lipinski definition) is 0. The third kappa shape index (κ3) is 2.11. The molecule has 0 saturated carbocycles. The molecule has 0 aliphatic heterocycles. The van der Waals surface area contributed by atoms with Gasteiger partial charge in [0.25, 0.3) is 0 Å². The number of benzene rings is 1. The number of halogens is 3. The molecule has 0 amide bonds. The Labute approximate surface area is 84.6 Å². The van der Waals surface area contributed by atoms with Gasteiger partial charge in [-0.05, 0) is 30.2 Å². The molecule has 1 rings (SSSR count). The molecule has 60 valence electrons. The van der Waals surface area contributed by atoms with Gasteiger partial charge in [0.2, 0.25) is 0 Å². The molecule has 1 aromatic carbocycles. The van der Waals surface area contributed by atoms with Gasteiger partial charge in [-0.3, -0.25) is 0 Å². The molecule has 0 saturated heterocycles. The second kappa shape index (κ2) is 3.79. The van der Waals surface area contributed by atoms with E-state index in [9.17, 15) is 0 Å². The van der Waals surface area contributed by atoms with Crippen LogP contribution in [0.4, 0.5) is 0 Å². The monoisotopic (exact) mass is 252 g/mol. The van der Waals surface area contributed by atoms with Crippen LogP contribution in [0.15, 0.2) is 16.6 Å². The summed E-state index contributed by atoms with van der Waals surface area (Å²) in [7, 11) is 0. The highest BCUT2D eigenvalue weighted by molar-refractivity contribution is 9.10. The van der Waals surface area contributed by atoms with E-state index in [1.54, 1.807) is 0 Å². The molecule has 0 N–H and O–H groups in total. The second-order valence-corrected chi connectivity index (χ2v) is 3.90. The van der Waals surface area contributed by atoms with E-state index in [2.05, 4.69) is 15.9 Å². The zero-order chi connectivity index (χ0) is 8.43. The van der Waals surface area contributed by atoms with Gasteiger partial charge in [-0.15, -0.1) is 11.6 Å². The van der Waals surface area contributed by atoms with Crippen molar-refractivity contribution in [3.05, 3.63) is 32.8 Å². The third-order valence-corrected chi connectivity index (χ3v) is 2.70. The van der Waals surface area contributed by atoms with Crippen molar-refractivity contribution >= 4 is 39.1 Å². The van der Waals surface area contributed by atoms with Crippen LogP contribution in [-0.4, -0.2) is 0 Å². The first-order valence-electron chi connectivity index (χ1n) is 3.15. The van der Waals surface area contributed by atoms with Crippen LogP contribution in [0.2, 0.25) is 5.02 Å². The fraction of sp³-hybridized carbons (Fsp3) is 0.250. The van der Waals surface area contributed by atoms with E-state index < -0.39 is 0 Å². The molecule has 0 radical (unpaired) electrons. The summed E-state index contributed by atoms with van der Waals surface area (Å²) < 4.78 is 0.976. The minimum absolute atomic E-state index is 0.505. The number of rotatable bonds is 1. The molecule has 0 bridgehead atoms. The van der Waals surface area contributed by atoms with Gasteiger partial charge >= 0.3 is 0 Å². The van der Waals surface area contributed by atoms with Gasteiger partial charge in [-0.25, -0.2) is 0 Å². The van der Waals surface area contributed by atoms with Crippen LogP contribution < -0.4 is 0 Å². The highest BCUT2D eigenvalue weighted by Crippen LogP contribution is 2.25. The third-order valence-electron chi connectivity index (χ3n) is 1.56. The Morgan fingerprint density at radius 2 is 2.09 bits per heavy atom. The van der Waals surface area contributed by atoms with Crippen LogP contribution in [-0.2, 0) is 5.88 Å². The molecule has 0 atom stereocenters. The lowest BCUT2D eigenvalue weighted by Crippen LogP contribution is -1.85. The standard InChI is InChI=1S/C8H7BrCl2/c1-5-6(4-10)2-7(9)3-8(5)11/h2-3H,4H2,1H3. The van der Waals surface area contributed by atoms with Gasteiger partial charge in [0.15, 0.2) is 0 Å². The van der Waals surface area contributed by atoms with Crippen molar-refractivity contribution < 1.29 is 0 Å². The van der Waals surface area contributed by atoms with E-state index in [4.69, 9.17) is 23.2 Å². The first-order valence-corrected chi connectivity index (χ1v) is 4.86. The SMILES string of the molecule is Cc1c(Cl)cc(Br)cc1CCl. The molecule has 0 spiro atoms. The summed E-state index contributed by atoms with van der Waals surface area (Å²) in [6.07, 6.45) is 0. The largest absolute Gasteiger partial charge is 0.122 e. The van der Waals surface area contributed by atoms with Gasteiger partial charge in [0.05, 0.1) is 0 Å². The van der Waals surface area contributed by atoms with Gasteiger partial charge in [0.1, 0.15) is 0 Å². The summed E-state index contributed by atoms with van der Waals surface area (Å²) in [5, 5.41) is 0.759. The molecule has 1 aromatic rings. The zero-order valence-corrected chi connectivity index (χ0v) is 9.09. The maximum absolute atomic E-state index is 5.91. The predicted molar refractivity (Wildman–Crippen MR) is 53.4 cm³/mol. The van der Waals surface area contributed by atoms with Crippen molar-refractivity contribution in [3.8, 4) is 0 Å². The first-order chi connectivity index (χ1) is 5.15. The number of hydrogen-bond donors (Lipinski definition) is 0. The van der Waals surface area contributed by atoms with Crippen molar-refractivity contribution in [1.82, 2.24) is 0 Å². The summed E-state index contributed by atoms with van der Waals surface area (Å²) >= 11 is 15.0. The van der Waals surface area contributed by atoms with Crippen LogP contribution in [0, 0.1) is 6.92 Å². The smallest absolute Gasteiger partial charge is 0.0477 e. The minimum atomic E-state index is 0.505. The van der Waals surface area contributed by atoms with Crippen LogP contribution >= 0.6 is 39.1 Å². The lowest BCUT2D eigenvalue weighted by molar-refractivity contribution is 1.29. The van der Waals surface area contributed by atoms with Crippen molar-refractivity contribution in [3.63, 3.8) is 0 Å². The Balaban J connectivity index is 3.24. The molecule has 0 nitrogen and oxygen atoms in total. The summed E-state index contributed by atoms with van der Waals surface area (Å²) in [6.45, 7) is 1.96. The molecule has 0 fully saturated rings. The maximum atomic E-state index is 5.91. The molecule has 0 aliphatic carbocycles. The molecule has 0 aliphatic rings. The number of alkyl halides is 1. The van der Waals surface area contributed by atoms with E-state index in [1.165, 1.54) is 0 Å². The topological polar surface area (TPSA) is 0 Å². The van der Waals surface area contributed by atoms with E-state index in [0.29, 0.717) is 5.88 Å². The van der Waals surface area contributed by atoms with E-state index in [1.807, 2.05) is 19.1 Å². The Morgan fingerprint density at radius 3 is 2.64 bits per heavy atom.